The summed E-state index contributed by atoms with van der Waals surface area (Å²) in [5.74, 6) is -0.0728. The molecule has 30 heavy (non-hydrogen) atoms. The number of ether oxygens (including phenoxy) is 1. The van der Waals surface area contributed by atoms with Crippen LogP contribution in [0.4, 0.5) is 0 Å². The second-order valence-electron chi connectivity index (χ2n) is 6.55. The molecule has 1 amide bonds. The molecule has 0 saturated heterocycles. The highest BCUT2D eigenvalue weighted by Crippen LogP contribution is 2.28. The fraction of sp³-hybridized carbons (Fsp3) is 0.190. The number of rotatable bonds is 6. The van der Waals surface area contributed by atoms with E-state index >= 15 is 0 Å². The van der Waals surface area contributed by atoms with E-state index < -0.39 is 17.0 Å². The van der Waals surface area contributed by atoms with Crippen molar-refractivity contribution in [3.05, 3.63) is 90.7 Å². The van der Waals surface area contributed by atoms with Gasteiger partial charge in [-0.15, -0.1) is 0 Å². The Morgan fingerprint density at radius 2 is 1.80 bits per heavy atom. The molecule has 0 unspecified atom stereocenters. The van der Waals surface area contributed by atoms with Gasteiger partial charge in [0, 0.05) is 35.1 Å². The van der Waals surface area contributed by atoms with Crippen molar-refractivity contribution in [2.24, 2.45) is 0 Å². The fourth-order valence-electron chi connectivity index (χ4n) is 2.87. The molecule has 0 saturated carbocycles. The number of carbonyl (C=O) groups is 1. The Morgan fingerprint density at radius 1 is 1.07 bits per heavy atom. The van der Waals surface area contributed by atoms with Crippen LogP contribution in [0.2, 0.25) is 10.0 Å². The zero-order valence-electron chi connectivity index (χ0n) is 16.3. The molecule has 0 bridgehead atoms. The van der Waals surface area contributed by atoms with E-state index in [2.05, 4.69) is 5.32 Å². The number of amides is 1. The average Bonchev–Trinajstić information content (AvgIpc) is 2.73. The molecular weight excluding hydrogens is 429 g/mol. The van der Waals surface area contributed by atoms with Gasteiger partial charge in [0.25, 0.3) is 0 Å². The molecule has 3 rings (SSSR count). The van der Waals surface area contributed by atoms with E-state index in [0.717, 1.165) is 15.7 Å². The third-order valence-electron chi connectivity index (χ3n) is 4.53. The Morgan fingerprint density at radius 3 is 2.50 bits per heavy atom. The number of halogens is 2. The van der Waals surface area contributed by atoms with Crippen LogP contribution in [0.3, 0.4) is 0 Å². The van der Waals surface area contributed by atoms with Crippen LogP contribution in [0.5, 0.6) is 5.75 Å². The van der Waals surface area contributed by atoms with E-state index in [0.29, 0.717) is 21.5 Å². The SMILES string of the molecule is COc1cc(Cl)c(C)cc1-n1ccn(CC(=O)NCc2ccccc2Cl)c(=O)c1=O. The number of carbonyl (C=O) groups excluding carboxylic acids is 1. The van der Waals surface area contributed by atoms with Crippen LogP contribution in [0.1, 0.15) is 11.1 Å². The summed E-state index contributed by atoms with van der Waals surface area (Å²) >= 11 is 12.2. The first-order valence-corrected chi connectivity index (χ1v) is 9.74. The van der Waals surface area contributed by atoms with Gasteiger partial charge >= 0.3 is 11.1 Å². The highest BCUT2D eigenvalue weighted by atomic mass is 35.5. The van der Waals surface area contributed by atoms with Crippen molar-refractivity contribution in [1.82, 2.24) is 14.5 Å². The van der Waals surface area contributed by atoms with Crippen molar-refractivity contribution < 1.29 is 9.53 Å². The third kappa shape index (κ3) is 4.58. The van der Waals surface area contributed by atoms with Gasteiger partial charge in [-0.2, -0.15) is 0 Å². The van der Waals surface area contributed by atoms with Crippen LogP contribution in [0.15, 0.2) is 58.4 Å². The van der Waals surface area contributed by atoms with E-state index in [-0.39, 0.29) is 13.1 Å². The van der Waals surface area contributed by atoms with Gasteiger partial charge in [0.2, 0.25) is 5.91 Å². The van der Waals surface area contributed by atoms with Crippen molar-refractivity contribution in [3.63, 3.8) is 0 Å². The number of aromatic nitrogens is 2. The summed E-state index contributed by atoms with van der Waals surface area (Å²) in [7, 11) is 1.44. The van der Waals surface area contributed by atoms with Gasteiger partial charge in [0.1, 0.15) is 12.3 Å². The van der Waals surface area contributed by atoms with E-state index in [1.807, 2.05) is 6.07 Å². The Kier molecular flexibility index (Phi) is 6.64. The first kappa shape index (κ1) is 21.7. The van der Waals surface area contributed by atoms with E-state index in [9.17, 15) is 14.4 Å². The second kappa shape index (κ2) is 9.19. The van der Waals surface area contributed by atoms with E-state index in [1.54, 1.807) is 37.3 Å². The first-order chi connectivity index (χ1) is 14.3. The molecule has 156 valence electrons. The smallest absolute Gasteiger partial charge is 0.321 e. The van der Waals surface area contributed by atoms with Crippen LogP contribution in [0, 0.1) is 6.92 Å². The third-order valence-corrected chi connectivity index (χ3v) is 5.30. The molecule has 3 aromatic rings. The largest absolute Gasteiger partial charge is 0.495 e. The predicted octanol–water partition coefficient (Wildman–Crippen LogP) is 2.94. The van der Waals surface area contributed by atoms with Gasteiger partial charge in [-0.25, -0.2) is 0 Å². The normalized spacial score (nSPS) is 10.7. The summed E-state index contributed by atoms with van der Waals surface area (Å²) in [6.07, 6.45) is 2.79. The molecule has 2 aromatic carbocycles. The molecule has 1 N–H and O–H groups in total. The zero-order valence-corrected chi connectivity index (χ0v) is 17.8. The summed E-state index contributed by atoms with van der Waals surface area (Å²) in [5, 5.41) is 3.70. The highest BCUT2D eigenvalue weighted by molar-refractivity contribution is 6.31. The number of hydrogen-bond donors (Lipinski definition) is 1. The van der Waals surface area contributed by atoms with Gasteiger partial charge in [-0.3, -0.25) is 23.5 Å². The maximum atomic E-state index is 12.7. The number of aryl methyl sites for hydroxylation is 1. The molecule has 0 atom stereocenters. The van der Waals surface area contributed by atoms with Gasteiger partial charge in [0.05, 0.1) is 12.8 Å². The molecule has 0 aliphatic rings. The first-order valence-electron chi connectivity index (χ1n) is 8.98. The monoisotopic (exact) mass is 447 g/mol. The summed E-state index contributed by atoms with van der Waals surface area (Å²) in [4.78, 5) is 37.4. The number of benzene rings is 2. The summed E-state index contributed by atoms with van der Waals surface area (Å²) in [5.41, 5.74) is 0.219. The lowest BCUT2D eigenvalue weighted by atomic mass is 10.2. The van der Waals surface area contributed by atoms with E-state index in [1.165, 1.54) is 24.1 Å². The predicted molar refractivity (Wildman–Crippen MR) is 116 cm³/mol. The summed E-state index contributed by atoms with van der Waals surface area (Å²) in [6, 6.07) is 10.3. The number of methoxy groups -OCH3 is 1. The molecule has 0 aliphatic heterocycles. The zero-order chi connectivity index (χ0) is 21.8. The average molecular weight is 448 g/mol. The lowest BCUT2D eigenvalue weighted by molar-refractivity contribution is -0.121. The van der Waals surface area contributed by atoms with Gasteiger partial charge < -0.3 is 10.1 Å². The van der Waals surface area contributed by atoms with Crippen LogP contribution in [-0.2, 0) is 17.9 Å². The number of nitrogens with zero attached hydrogens (tertiary/aromatic N) is 2. The quantitative estimate of drug-likeness (QED) is 0.588. The van der Waals surface area contributed by atoms with Crippen molar-refractivity contribution in [1.29, 1.82) is 0 Å². The van der Waals surface area contributed by atoms with Crippen molar-refractivity contribution >= 4 is 29.1 Å². The molecule has 9 heteroatoms. The van der Waals surface area contributed by atoms with Crippen LogP contribution < -0.4 is 21.2 Å². The maximum Gasteiger partial charge on any atom is 0.321 e. The Bertz CT molecular complexity index is 1220. The van der Waals surface area contributed by atoms with Crippen LogP contribution in [0.25, 0.3) is 5.69 Å². The molecule has 7 nitrogen and oxygen atoms in total. The number of hydrogen-bond acceptors (Lipinski definition) is 4. The topological polar surface area (TPSA) is 82.3 Å². The second-order valence-corrected chi connectivity index (χ2v) is 7.36. The molecule has 0 radical (unpaired) electrons. The Labute approximate surface area is 182 Å². The standard InChI is InChI=1S/C21H19Cl2N3O4/c1-13-9-17(18(30-2)10-16(13)23)26-8-7-25(20(28)21(26)29)12-19(27)24-11-14-5-3-4-6-15(14)22/h3-10H,11-12H2,1-2H3,(H,24,27). The van der Waals surface area contributed by atoms with Gasteiger partial charge in [-0.05, 0) is 30.2 Å². The van der Waals surface area contributed by atoms with Crippen molar-refractivity contribution in [2.45, 2.75) is 20.0 Å². The van der Waals surface area contributed by atoms with Crippen LogP contribution in [-0.4, -0.2) is 22.2 Å². The summed E-state index contributed by atoms with van der Waals surface area (Å²) in [6.45, 7) is 1.70. The van der Waals surface area contributed by atoms with Gasteiger partial charge in [0.15, 0.2) is 0 Å². The van der Waals surface area contributed by atoms with E-state index in [4.69, 9.17) is 27.9 Å². The molecule has 0 aliphatic carbocycles. The molecule has 0 fully saturated rings. The molecule has 0 spiro atoms. The molecular formula is C21H19Cl2N3O4. The maximum absolute atomic E-state index is 12.7. The minimum Gasteiger partial charge on any atom is -0.495 e. The summed E-state index contributed by atoms with van der Waals surface area (Å²) < 4.78 is 7.50. The minimum absolute atomic E-state index is 0.214. The fourth-order valence-corrected chi connectivity index (χ4v) is 3.22. The minimum atomic E-state index is -0.833. The molecule has 1 aromatic heterocycles. The number of nitrogens with one attached hydrogen (secondary N) is 1. The van der Waals surface area contributed by atoms with Crippen molar-refractivity contribution in [2.75, 3.05) is 7.11 Å². The van der Waals surface area contributed by atoms with Crippen molar-refractivity contribution in [3.8, 4) is 11.4 Å². The lowest BCUT2D eigenvalue weighted by Gasteiger charge is -2.14. The Balaban J connectivity index is 1.83. The molecule has 1 heterocycles. The van der Waals surface area contributed by atoms with Gasteiger partial charge in [-0.1, -0.05) is 41.4 Å². The highest BCUT2D eigenvalue weighted by Gasteiger charge is 2.14. The Hall–Kier alpha value is -3.03. The van der Waals surface area contributed by atoms with Crippen LogP contribution >= 0.6 is 23.2 Å². The lowest BCUT2D eigenvalue weighted by Crippen LogP contribution is -2.42.